The molecule has 2 aromatic heterocycles. The Labute approximate surface area is 131 Å². The fourth-order valence-electron chi connectivity index (χ4n) is 2.33. The van der Waals surface area contributed by atoms with E-state index in [0.717, 1.165) is 16.0 Å². The Kier molecular flexibility index (Phi) is 4.00. The Morgan fingerprint density at radius 2 is 2.05 bits per heavy atom. The van der Waals surface area contributed by atoms with Gasteiger partial charge < -0.3 is 0 Å². The number of rotatable bonds is 4. The maximum atomic E-state index is 12.6. The lowest BCUT2D eigenvalue weighted by molar-refractivity contribution is 0.276. The molecule has 0 aliphatic rings. The maximum Gasteiger partial charge on any atom is 0.275 e. The predicted molar refractivity (Wildman–Crippen MR) is 87.6 cm³/mol. The number of hydrogen-bond acceptors (Lipinski definition) is 5. The second-order valence-corrected chi connectivity index (χ2v) is 5.94. The van der Waals surface area contributed by atoms with Gasteiger partial charge >= 0.3 is 0 Å². The van der Waals surface area contributed by atoms with Gasteiger partial charge in [0.25, 0.3) is 5.56 Å². The van der Waals surface area contributed by atoms with Crippen molar-refractivity contribution in [3.05, 3.63) is 52.1 Å². The third-order valence-electron chi connectivity index (χ3n) is 3.34. The molecule has 0 atom stereocenters. The minimum absolute atomic E-state index is 0.138. The van der Waals surface area contributed by atoms with Gasteiger partial charge in [0.05, 0.1) is 29.5 Å². The summed E-state index contributed by atoms with van der Waals surface area (Å²) in [6.07, 6.45) is 0. The molecule has 0 aliphatic heterocycles. The summed E-state index contributed by atoms with van der Waals surface area (Å²) >= 11 is 1.59. The Morgan fingerprint density at radius 3 is 2.73 bits per heavy atom. The van der Waals surface area contributed by atoms with Crippen molar-refractivity contribution in [3.63, 3.8) is 0 Å². The number of benzene rings is 1. The van der Waals surface area contributed by atoms with Gasteiger partial charge in [0, 0.05) is 5.39 Å². The summed E-state index contributed by atoms with van der Waals surface area (Å²) in [5.41, 5.74) is 0.663. The van der Waals surface area contributed by atoms with Crippen LogP contribution in [0.15, 0.2) is 46.6 Å². The molecule has 0 bridgehead atoms. The Bertz CT molecular complexity index is 893. The maximum absolute atomic E-state index is 12.6. The van der Waals surface area contributed by atoms with Crippen LogP contribution in [0, 0.1) is 11.3 Å². The second kappa shape index (κ2) is 6.10. The lowest BCUT2D eigenvalue weighted by Gasteiger charge is -2.15. The molecule has 0 fully saturated rings. The summed E-state index contributed by atoms with van der Waals surface area (Å²) in [6, 6.07) is 13.5. The molecule has 0 saturated heterocycles. The van der Waals surface area contributed by atoms with Crippen LogP contribution in [0.1, 0.15) is 0 Å². The van der Waals surface area contributed by atoms with E-state index in [2.05, 4.69) is 11.2 Å². The molecule has 2 heterocycles. The molecule has 5 nitrogen and oxygen atoms in total. The molecule has 0 saturated carbocycles. The highest BCUT2D eigenvalue weighted by atomic mass is 32.1. The number of fused-ring (bicyclic) bond motifs is 1. The number of aromatic nitrogens is 2. The quantitative estimate of drug-likeness (QED) is 0.695. The van der Waals surface area contributed by atoms with Gasteiger partial charge in [-0.05, 0) is 24.6 Å². The second-order valence-electron chi connectivity index (χ2n) is 4.99. The van der Waals surface area contributed by atoms with Gasteiger partial charge in [0.15, 0.2) is 0 Å². The van der Waals surface area contributed by atoms with Gasteiger partial charge in [0.2, 0.25) is 0 Å². The standard InChI is InChI=1S/C16H14N4OS/c1-19(9-8-17)11-20-16(21)13-6-3-2-5-12(13)15(18-20)14-7-4-10-22-14/h2-7,10H,9,11H2,1H3. The number of hydrogen-bond donors (Lipinski definition) is 0. The largest absolute Gasteiger partial charge is 0.275 e. The summed E-state index contributed by atoms with van der Waals surface area (Å²) in [5, 5.41) is 16.8. The van der Waals surface area contributed by atoms with Crippen molar-refractivity contribution in [2.24, 2.45) is 0 Å². The van der Waals surface area contributed by atoms with Crippen molar-refractivity contribution in [2.45, 2.75) is 6.67 Å². The van der Waals surface area contributed by atoms with Crippen LogP contribution in [0.2, 0.25) is 0 Å². The molecule has 0 spiro atoms. The minimum atomic E-state index is -0.138. The smallest absolute Gasteiger partial charge is 0.274 e. The van der Waals surface area contributed by atoms with E-state index in [1.165, 1.54) is 4.68 Å². The van der Waals surface area contributed by atoms with E-state index in [0.29, 0.717) is 5.39 Å². The first kappa shape index (κ1) is 14.4. The minimum Gasteiger partial charge on any atom is -0.274 e. The van der Waals surface area contributed by atoms with Gasteiger partial charge in [0.1, 0.15) is 5.69 Å². The molecule has 22 heavy (non-hydrogen) atoms. The van der Waals surface area contributed by atoms with Crippen LogP contribution in [0.25, 0.3) is 21.3 Å². The third kappa shape index (κ3) is 2.64. The zero-order chi connectivity index (χ0) is 15.5. The fraction of sp³-hybridized carbons (Fsp3) is 0.188. The zero-order valence-corrected chi connectivity index (χ0v) is 12.9. The number of nitrogens with zero attached hydrogens (tertiary/aromatic N) is 4. The van der Waals surface area contributed by atoms with Crippen molar-refractivity contribution in [1.82, 2.24) is 14.7 Å². The number of nitriles is 1. The van der Waals surface area contributed by atoms with Gasteiger partial charge in [-0.1, -0.05) is 24.3 Å². The van der Waals surface area contributed by atoms with Crippen LogP contribution in [-0.2, 0) is 6.67 Å². The van der Waals surface area contributed by atoms with Crippen LogP contribution in [0.5, 0.6) is 0 Å². The highest BCUT2D eigenvalue weighted by molar-refractivity contribution is 7.13. The molecule has 6 heteroatoms. The molecule has 1 aromatic carbocycles. The van der Waals surface area contributed by atoms with Crippen LogP contribution < -0.4 is 5.56 Å². The Morgan fingerprint density at radius 1 is 1.27 bits per heavy atom. The summed E-state index contributed by atoms with van der Waals surface area (Å²) < 4.78 is 1.43. The van der Waals surface area contributed by atoms with Crippen molar-refractivity contribution in [2.75, 3.05) is 13.6 Å². The number of thiophene rings is 1. The molecule has 0 amide bonds. The van der Waals surface area contributed by atoms with Crippen LogP contribution in [-0.4, -0.2) is 28.3 Å². The van der Waals surface area contributed by atoms with E-state index in [9.17, 15) is 4.79 Å². The molecule has 110 valence electrons. The molecule has 0 N–H and O–H groups in total. The molecular weight excluding hydrogens is 296 g/mol. The highest BCUT2D eigenvalue weighted by Gasteiger charge is 2.13. The summed E-state index contributed by atoms with van der Waals surface area (Å²) in [6.45, 7) is 0.533. The summed E-state index contributed by atoms with van der Waals surface area (Å²) in [5.74, 6) is 0. The van der Waals surface area contributed by atoms with E-state index in [1.54, 1.807) is 23.3 Å². The monoisotopic (exact) mass is 310 g/mol. The first-order valence-electron chi connectivity index (χ1n) is 6.80. The van der Waals surface area contributed by atoms with Crippen LogP contribution in [0.3, 0.4) is 0 Å². The van der Waals surface area contributed by atoms with E-state index in [1.807, 2.05) is 41.8 Å². The lowest BCUT2D eigenvalue weighted by atomic mass is 10.1. The van der Waals surface area contributed by atoms with Gasteiger partial charge in [-0.3, -0.25) is 9.69 Å². The summed E-state index contributed by atoms with van der Waals surface area (Å²) in [7, 11) is 1.79. The van der Waals surface area contributed by atoms with Crippen molar-refractivity contribution >= 4 is 22.1 Å². The topological polar surface area (TPSA) is 61.9 Å². The van der Waals surface area contributed by atoms with Crippen molar-refractivity contribution in [1.29, 1.82) is 5.26 Å². The van der Waals surface area contributed by atoms with Gasteiger partial charge in [-0.15, -0.1) is 11.3 Å². The van der Waals surface area contributed by atoms with Crippen LogP contribution >= 0.6 is 11.3 Å². The molecule has 0 unspecified atom stereocenters. The van der Waals surface area contributed by atoms with E-state index < -0.39 is 0 Å². The molecular formula is C16H14N4OS. The Hall–Kier alpha value is -2.49. The SMILES string of the molecule is CN(CC#N)Cn1nc(-c2cccs2)c2ccccc2c1=O. The normalized spacial score (nSPS) is 11.0. The van der Waals surface area contributed by atoms with Crippen molar-refractivity contribution in [3.8, 4) is 16.6 Å². The average Bonchev–Trinajstić information content (AvgIpc) is 3.04. The average molecular weight is 310 g/mol. The molecule has 3 rings (SSSR count). The van der Waals surface area contributed by atoms with Crippen LogP contribution in [0.4, 0.5) is 0 Å². The van der Waals surface area contributed by atoms with Gasteiger partial charge in [-0.2, -0.15) is 10.4 Å². The predicted octanol–water partition coefficient (Wildman–Crippen LogP) is 2.54. The first-order valence-corrected chi connectivity index (χ1v) is 7.68. The highest BCUT2D eigenvalue weighted by Crippen LogP contribution is 2.28. The summed E-state index contributed by atoms with van der Waals surface area (Å²) in [4.78, 5) is 15.4. The molecule has 3 aromatic rings. The van der Waals surface area contributed by atoms with E-state index in [-0.39, 0.29) is 18.8 Å². The van der Waals surface area contributed by atoms with E-state index in [4.69, 9.17) is 5.26 Å². The molecule has 0 radical (unpaired) electrons. The third-order valence-corrected chi connectivity index (χ3v) is 4.21. The van der Waals surface area contributed by atoms with Crippen molar-refractivity contribution < 1.29 is 0 Å². The van der Waals surface area contributed by atoms with Gasteiger partial charge in [-0.25, -0.2) is 4.68 Å². The zero-order valence-electron chi connectivity index (χ0n) is 12.1. The fourth-order valence-corrected chi connectivity index (χ4v) is 3.05. The first-order chi connectivity index (χ1) is 10.7. The molecule has 0 aliphatic carbocycles. The Balaban J connectivity index is 2.20. The lowest BCUT2D eigenvalue weighted by Crippen LogP contribution is -2.32. The van der Waals surface area contributed by atoms with E-state index >= 15 is 0 Å².